The summed E-state index contributed by atoms with van der Waals surface area (Å²) in [5, 5.41) is 10.2. The average Bonchev–Trinajstić information content (AvgIpc) is 2.84. The SMILES string of the molecule is C[N+](C)=CO[C@@H](COCc1ccccc1)[C@@H](COCc1ccccc1)Oc1c(O)cccc1F. The molecule has 0 amide bonds. The molecule has 0 aromatic heterocycles. The van der Waals surface area contributed by atoms with Crippen molar-refractivity contribution in [3.63, 3.8) is 0 Å². The largest absolute Gasteiger partial charge is 0.504 e. The Labute approximate surface area is 199 Å². The summed E-state index contributed by atoms with van der Waals surface area (Å²) in [6, 6.07) is 23.5. The maximum Gasteiger partial charge on any atom is 0.323 e. The van der Waals surface area contributed by atoms with E-state index in [0.29, 0.717) is 13.2 Å². The molecule has 0 aliphatic rings. The van der Waals surface area contributed by atoms with E-state index in [4.69, 9.17) is 18.9 Å². The van der Waals surface area contributed by atoms with E-state index in [0.717, 1.165) is 11.1 Å². The molecule has 0 spiro atoms. The Balaban J connectivity index is 1.75. The lowest BCUT2D eigenvalue weighted by atomic mass is 10.2. The third-order valence-electron chi connectivity index (χ3n) is 4.86. The van der Waals surface area contributed by atoms with Gasteiger partial charge in [0.1, 0.15) is 14.1 Å². The summed E-state index contributed by atoms with van der Waals surface area (Å²) in [6.07, 6.45) is 0.130. The van der Waals surface area contributed by atoms with Crippen molar-refractivity contribution in [1.29, 1.82) is 0 Å². The van der Waals surface area contributed by atoms with Crippen LogP contribution in [0.15, 0.2) is 78.9 Å². The molecule has 3 rings (SSSR count). The molecule has 34 heavy (non-hydrogen) atoms. The van der Waals surface area contributed by atoms with Gasteiger partial charge < -0.3 is 24.1 Å². The highest BCUT2D eigenvalue weighted by Gasteiger charge is 2.28. The molecule has 3 aromatic rings. The lowest BCUT2D eigenvalue weighted by Gasteiger charge is -2.27. The zero-order valence-electron chi connectivity index (χ0n) is 19.5. The van der Waals surface area contributed by atoms with E-state index in [1.54, 1.807) is 4.58 Å². The first-order valence-corrected chi connectivity index (χ1v) is 11.1. The topological polar surface area (TPSA) is 60.2 Å². The Hall–Kier alpha value is -3.42. The van der Waals surface area contributed by atoms with Gasteiger partial charge in [-0.25, -0.2) is 8.97 Å². The van der Waals surface area contributed by atoms with Crippen molar-refractivity contribution in [2.75, 3.05) is 27.3 Å². The van der Waals surface area contributed by atoms with Gasteiger partial charge in [0.15, 0.2) is 29.5 Å². The first kappa shape index (κ1) is 25.2. The number of ether oxygens (including phenoxy) is 4. The highest BCUT2D eigenvalue weighted by Crippen LogP contribution is 2.30. The summed E-state index contributed by atoms with van der Waals surface area (Å²) in [5.41, 5.74) is 2.01. The van der Waals surface area contributed by atoms with Gasteiger partial charge in [-0.3, -0.25) is 0 Å². The molecule has 180 valence electrons. The number of rotatable bonds is 13. The molecule has 0 unspecified atom stereocenters. The third-order valence-corrected chi connectivity index (χ3v) is 4.86. The van der Waals surface area contributed by atoms with Gasteiger partial charge in [0.05, 0.1) is 26.4 Å². The average molecular weight is 469 g/mol. The van der Waals surface area contributed by atoms with Gasteiger partial charge in [-0.15, -0.1) is 0 Å². The van der Waals surface area contributed by atoms with Crippen LogP contribution in [0.2, 0.25) is 0 Å². The van der Waals surface area contributed by atoms with Crippen molar-refractivity contribution >= 4 is 6.40 Å². The molecule has 3 aromatic carbocycles. The van der Waals surface area contributed by atoms with Crippen LogP contribution in [-0.4, -0.2) is 55.6 Å². The zero-order chi connectivity index (χ0) is 24.2. The number of hydrogen-bond acceptors (Lipinski definition) is 5. The minimum absolute atomic E-state index is 0.0866. The van der Waals surface area contributed by atoms with Gasteiger partial charge >= 0.3 is 6.40 Å². The molecule has 6 nitrogen and oxygen atoms in total. The molecule has 0 bridgehead atoms. The quantitative estimate of drug-likeness (QED) is 0.229. The maximum atomic E-state index is 14.4. The molecule has 2 atom stereocenters. The highest BCUT2D eigenvalue weighted by molar-refractivity contribution is 5.41. The van der Waals surface area contributed by atoms with Crippen molar-refractivity contribution in [2.45, 2.75) is 25.4 Å². The van der Waals surface area contributed by atoms with E-state index in [-0.39, 0.29) is 24.7 Å². The minimum Gasteiger partial charge on any atom is -0.504 e. The Morgan fingerprint density at radius 3 is 1.88 bits per heavy atom. The Bertz CT molecular complexity index is 1010. The second-order valence-corrected chi connectivity index (χ2v) is 7.99. The van der Waals surface area contributed by atoms with Crippen LogP contribution in [0.4, 0.5) is 4.39 Å². The Morgan fingerprint density at radius 2 is 1.35 bits per heavy atom. The molecule has 7 heteroatoms. The molecule has 0 saturated carbocycles. The molecule has 0 fully saturated rings. The summed E-state index contributed by atoms with van der Waals surface area (Å²) < 4.78 is 39.8. The van der Waals surface area contributed by atoms with Crippen molar-refractivity contribution in [3.8, 4) is 11.5 Å². The van der Waals surface area contributed by atoms with E-state index in [2.05, 4.69) is 0 Å². The summed E-state index contributed by atoms with van der Waals surface area (Å²) in [7, 11) is 3.65. The highest BCUT2D eigenvalue weighted by atomic mass is 19.1. The number of para-hydroxylation sites is 1. The van der Waals surface area contributed by atoms with Crippen LogP contribution in [-0.2, 0) is 27.4 Å². The molecular weight excluding hydrogens is 437 g/mol. The molecule has 1 N–H and O–H groups in total. The number of phenols is 1. The van der Waals surface area contributed by atoms with Gasteiger partial charge in [-0.1, -0.05) is 66.7 Å². The van der Waals surface area contributed by atoms with Crippen LogP contribution in [0.1, 0.15) is 11.1 Å². The van der Waals surface area contributed by atoms with Gasteiger partial charge in [0.2, 0.25) is 0 Å². The number of aromatic hydroxyl groups is 1. The summed E-state index contributed by atoms with van der Waals surface area (Å²) >= 11 is 0. The number of nitrogens with zero attached hydrogens (tertiary/aromatic N) is 1. The van der Waals surface area contributed by atoms with Crippen molar-refractivity contribution in [2.24, 2.45) is 0 Å². The van der Waals surface area contributed by atoms with Crippen molar-refractivity contribution in [3.05, 3.63) is 95.8 Å². The normalized spacial score (nSPS) is 12.6. The van der Waals surface area contributed by atoms with Gasteiger partial charge in [-0.2, -0.15) is 0 Å². The van der Waals surface area contributed by atoms with Crippen molar-refractivity contribution in [1.82, 2.24) is 0 Å². The van der Waals surface area contributed by atoms with E-state index in [1.807, 2.05) is 74.8 Å². The van der Waals surface area contributed by atoms with Crippen LogP contribution in [0.5, 0.6) is 11.5 Å². The van der Waals surface area contributed by atoms with Gasteiger partial charge in [0, 0.05) is 0 Å². The summed E-state index contributed by atoms with van der Waals surface area (Å²) in [6.45, 7) is 0.973. The number of phenolic OH excluding ortho intramolecular Hbond substituents is 1. The van der Waals surface area contributed by atoms with Crippen molar-refractivity contribution < 1.29 is 33.0 Å². The van der Waals surface area contributed by atoms with E-state index in [1.165, 1.54) is 24.6 Å². The first-order chi connectivity index (χ1) is 16.5. The lowest BCUT2D eigenvalue weighted by Crippen LogP contribution is -2.41. The van der Waals surface area contributed by atoms with Crippen LogP contribution in [0.25, 0.3) is 0 Å². The predicted octanol–water partition coefficient (Wildman–Crippen LogP) is 4.40. The summed E-state index contributed by atoms with van der Waals surface area (Å²) in [5.74, 6) is -1.22. The maximum absolute atomic E-state index is 14.4. The first-order valence-electron chi connectivity index (χ1n) is 11.1. The molecule has 0 aliphatic heterocycles. The van der Waals surface area contributed by atoms with Crippen LogP contribution in [0, 0.1) is 5.82 Å². The smallest absolute Gasteiger partial charge is 0.323 e. The fourth-order valence-electron chi connectivity index (χ4n) is 3.15. The van der Waals surface area contributed by atoms with Gasteiger partial charge in [0.25, 0.3) is 0 Å². The fraction of sp³-hybridized carbons (Fsp3) is 0.296. The fourth-order valence-corrected chi connectivity index (χ4v) is 3.15. The molecule has 0 heterocycles. The minimum atomic E-state index is -0.765. The molecule has 0 radical (unpaired) electrons. The van der Waals surface area contributed by atoms with Crippen LogP contribution >= 0.6 is 0 Å². The Kier molecular flexibility index (Phi) is 9.88. The number of benzene rings is 3. The Morgan fingerprint density at radius 1 is 0.794 bits per heavy atom. The third kappa shape index (κ3) is 8.17. The van der Waals surface area contributed by atoms with E-state index in [9.17, 15) is 9.50 Å². The standard InChI is InChI=1S/C27H30FNO5/c1-29(2)20-33-25(18-31-16-21-10-5-3-6-11-21)26(19-32-17-22-12-7-4-8-13-22)34-27-23(28)14-9-15-24(27)30/h3-15,20,25-26H,16-19H2,1-2H3/p+1/t25-,26+/m0/s1. The second kappa shape index (κ2) is 13.3. The lowest BCUT2D eigenvalue weighted by molar-refractivity contribution is -0.469. The second-order valence-electron chi connectivity index (χ2n) is 7.99. The van der Waals surface area contributed by atoms with Gasteiger partial charge in [-0.05, 0) is 23.3 Å². The zero-order valence-corrected chi connectivity index (χ0v) is 19.5. The van der Waals surface area contributed by atoms with Crippen LogP contribution < -0.4 is 4.74 Å². The number of halogens is 1. The van der Waals surface area contributed by atoms with E-state index >= 15 is 0 Å². The number of hydrogen-bond donors (Lipinski definition) is 1. The summed E-state index contributed by atoms with van der Waals surface area (Å²) in [4.78, 5) is 0. The predicted molar refractivity (Wildman–Crippen MR) is 128 cm³/mol. The molecule has 0 aliphatic carbocycles. The monoisotopic (exact) mass is 468 g/mol. The molecule has 0 saturated heterocycles. The van der Waals surface area contributed by atoms with Crippen LogP contribution in [0.3, 0.4) is 0 Å². The molecular formula is C27H31FNO5+. The van der Waals surface area contributed by atoms with E-state index < -0.39 is 18.0 Å².